The number of fused-ring (bicyclic) bond motifs is 1. The number of hydrogen-bond donors (Lipinski definition) is 0. The molecule has 1 amide bonds. The molecular weight excluding hydrogens is 380 g/mol. The van der Waals surface area contributed by atoms with Gasteiger partial charge in [-0.2, -0.15) is 9.78 Å². The molecule has 0 aliphatic carbocycles. The molecule has 3 aromatic rings. The highest BCUT2D eigenvalue weighted by Crippen LogP contribution is 2.20. The highest BCUT2D eigenvalue weighted by Gasteiger charge is 2.25. The number of benzene rings is 2. The Balaban J connectivity index is 1.77. The van der Waals surface area contributed by atoms with E-state index in [1.807, 2.05) is 11.0 Å². The molecule has 4 rings (SSSR count). The third-order valence-electron chi connectivity index (χ3n) is 5.50. The molecule has 2 aromatic carbocycles. The van der Waals surface area contributed by atoms with Gasteiger partial charge in [0.25, 0.3) is 11.5 Å². The summed E-state index contributed by atoms with van der Waals surface area (Å²) in [6.45, 7) is 6.24. The van der Waals surface area contributed by atoms with E-state index in [2.05, 4.69) is 16.9 Å². The van der Waals surface area contributed by atoms with Gasteiger partial charge < -0.3 is 9.64 Å². The second-order valence-electron chi connectivity index (χ2n) is 7.45. The zero-order chi connectivity index (χ0) is 21.1. The van der Waals surface area contributed by atoms with Crippen LogP contribution in [0.15, 0.2) is 53.3 Å². The van der Waals surface area contributed by atoms with Crippen LogP contribution < -0.4 is 10.3 Å². The average molecular weight is 406 g/mol. The molecule has 1 aliphatic rings. The summed E-state index contributed by atoms with van der Waals surface area (Å²) in [5.41, 5.74) is 0.604. The molecule has 0 unspecified atom stereocenters. The third kappa shape index (κ3) is 3.80. The predicted octanol–water partition coefficient (Wildman–Crippen LogP) is 2.56. The van der Waals surface area contributed by atoms with Gasteiger partial charge in [0.2, 0.25) is 0 Å². The lowest BCUT2D eigenvalue weighted by atomic mass is 10.1. The Morgan fingerprint density at radius 3 is 2.47 bits per heavy atom. The van der Waals surface area contributed by atoms with Crippen LogP contribution in [0.3, 0.4) is 0 Å². The number of carbonyl (C=O) groups excluding carboxylic acids is 1. The number of ether oxygens (including phenoxy) is 1. The zero-order valence-corrected chi connectivity index (χ0v) is 17.4. The summed E-state index contributed by atoms with van der Waals surface area (Å²) in [6, 6.07) is 14.3. The quantitative estimate of drug-likeness (QED) is 0.652. The minimum atomic E-state index is -0.261. The number of nitrogens with zero attached hydrogens (tertiary/aromatic N) is 4. The second kappa shape index (κ2) is 8.67. The van der Waals surface area contributed by atoms with Crippen molar-refractivity contribution in [2.24, 2.45) is 0 Å². The van der Waals surface area contributed by atoms with Crippen LogP contribution in [0.2, 0.25) is 0 Å². The number of aromatic nitrogens is 2. The summed E-state index contributed by atoms with van der Waals surface area (Å²) in [4.78, 5) is 30.7. The molecule has 0 bridgehead atoms. The van der Waals surface area contributed by atoms with Crippen LogP contribution >= 0.6 is 0 Å². The second-order valence-corrected chi connectivity index (χ2v) is 7.45. The van der Waals surface area contributed by atoms with E-state index in [1.165, 1.54) is 4.68 Å². The van der Waals surface area contributed by atoms with E-state index in [1.54, 1.807) is 49.6 Å². The average Bonchev–Trinajstić information content (AvgIpc) is 2.80. The van der Waals surface area contributed by atoms with Gasteiger partial charge >= 0.3 is 0 Å². The monoisotopic (exact) mass is 406 g/mol. The van der Waals surface area contributed by atoms with Gasteiger partial charge in [-0.25, -0.2) is 0 Å². The smallest absolute Gasteiger partial charge is 0.279 e. The molecule has 0 radical (unpaired) electrons. The molecule has 1 aromatic heterocycles. The Kier molecular flexibility index (Phi) is 5.81. The van der Waals surface area contributed by atoms with Crippen molar-refractivity contribution in [3.63, 3.8) is 0 Å². The third-order valence-corrected chi connectivity index (χ3v) is 5.50. The van der Waals surface area contributed by atoms with Gasteiger partial charge in [0.15, 0.2) is 5.69 Å². The van der Waals surface area contributed by atoms with Crippen LogP contribution in [0.5, 0.6) is 5.75 Å². The van der Waals surface area contributed by atoms with Gasteiger partial charge in [-0.15, -0.1) is 0 Å². The summed E-state index contributed by atoms with van der Waals surface area (Å²) in [7, 11) is 1.57. The van der Waals surface area contributed by atoms with Gasteiger partial charge in [0.1, 0.15) is 5.75 Å². The zero-order valence-electron chi connectivity index (χ0n) is 17.4. The summed E-state index contributed by atoms with van der Waals surface area (Å²) in [5.74, 6) is 0.480. The van der Waals surface area contributed by atoms with Crippen LogP contribution in [-0.2, 0) is 0 Å². The summed E-state index contributed by atoms with van der Waals surface area (Å²) < 4.78 is 6.58. The Morgan fingerprint density at radius 1 is 1.03 bits per heavy atom. The number of piperazine rings is 1. The van der Waals surface area contributed by atoms with E-state index in [-0.39, 0.29) is 11.5 Å². The van der Waals surface area contributed by atoms with Crippen molar-refractivity contribution in [1.82, 2.24) is 19.6 Å². The normalized spacial score (nSPS) is 14.8. The summed E-state index contributed by atoms with van der Waals surface area (Å²) in [6.07, 6.45) is 1.10. The molecule has 0 spiro atoms. The molecule has 2 heterocycles. The first kappa shape index (κ1) is 20.1. The molecule has 156 valence electrons. The molecule has 0 saturated carbocycles. The van der Waals surface area contributed by atoms with Crippen molar-refractivity contribution in [2.75, 3.05) is 39.8 Å². The van der Waals surface area contributed by atoms with Crippen LogP contribution in [0.25, 0.3) is 16.5 Å². The number of amides is 1. The lowest BCUT2D eigenvalue weighted by Crippen LogP contribution is -2.49. The van der Waals surface area contributed by atoms with E-state index in [4.69, 9.17) is 4.74 Å². The van der Waals surface area contributed by atoms with E-state index >= 15 is 0 Å². The highest BCUT2D eigenvalue weighted by molar-refractivity contribution is 6.04. The standard InChI is InChI=1S/C23H26N4O3/c1-3-11-25-12-14-26(15-13-25)23(29)21-19-9-4-5-10-20(19)22(28)27(24-21)17-7-6-8-18(16-17)30-2/h4-10,16H,3,11-15H2,1-2H3. The van der Waals surface area contributed by atoms with Crippen LogP contribution in [0, 0.1) is 0 Å². The first-order valence-electron chi connectivity index (χ1n) is 10.3. The maximum Gasteiger partial charge on any atom is 0.279 e. The number of rotatable bonds is 5. The van der Waals surface area contributed by atoms with Crippen molar-refractivity contribution in [3.05, 3.63) is 64.6 Å². The van der Waals surface area contributed by atoms with Gasteiger partial charge in [-0.1, -0.05) is 31.2 Å². The van der Waals surface area contributed by atoms with Crippen LogP contribution in [-0.4, -0.2) is 65.3 Å². The van der Waals surface area contributed by atoms with Crippen molar-refractivity contribution >= 4 is 16.7 Å². The number of methoxy groups -OCH3 is 1. The molecular formula is C23H26N4O3. The highest BCUT2D eigenvalue weighted by atomic mass is 16.5. The van der Waals surface area contributed by atoms with E-state index in [9.17, 15) is 9.59 Å². The van der Waals surface area contributed by atoms with Crippen molar-refractivity contribution in [1.29, 1.82) is 0 Å². The fraction of sp³-hybridized carbons (Fsp3) is 0.348. The number of hydrogen-bond acceptors (Lipinski definition) is 5. The molecule has 1 saturated heterocycles. The van der Waals surface area contributed by atoms with Crippen molar-refractivity contribution in [3.8, 4) is 11.4 Å². The van der Waals surface area contributed by atoms with E-state index in [0.29, 0.717) is 41.0 Å². The summed E-state index contributed by atoms with van der Waals surface area (Å²) >= 11 is 0. The maximum absolute atomic E-state index is 13.4. The van der Waals surface area contributed by atoms with Gasteiger partial charge in [-0.05, 0) is 31.2 Å². The van der Waals surface area contributed by atoms with Gasteiger partial charge in [0, 0.05) is 37.6 Å². The van der Waals surface area contributed by atoms with Crippen LogP contribution in [0.1, 0.15) is 23.8 Å². The largest absolute Gasteiger partial charge is 0.497 e. The fourth-order valence-corrected chi connectivity index (χ4v) is 3.91. The predicted molar refractivity (Wildman–Crippen MR) is 117 cm³/mol. The minimum Gasteiger partial charge on any atom is -0.497 e. The Morgan fingerprint density at radius 2 is 1.77 bits per heavy atom. The molecule has 7 heteroatoms. The Hall–Kier alpha value is -3.19. The Labute approximate surface area is 175 Å². The SMILES string of the molecule is CCCN1CCN(C(=O)c2nn(-c3cccc(OC)c3)c(=O)c3ccccc23)CC1. The topological polar surface area (TPSA) is 67.7 Å². The Bertz CT molecular complexity index is 1120. The maximum atomic E-state index is 13.4. The van der Waals surface area contributed by atoms with Crippen molar-refractivity contribution < 1.29 is 9.53 Å². The van der Waals surface area contributed by atoms with Gasteiger partial charge in [-0.3, -0.25) is 14.5 Å². The van der Waals surface area contributed by atoms with Crippen molar-refractivity contribution in [2.45, 2.75) is 13.3 Å². The fourth-order valence-electron chi connectivity index (χ4n) is 3.91. The summed E-state index contributed by atoms with van der Waals surface area (Å²) in [5, 5.41) is 5.58. The first-order chi connectivity index (χ1) is 14.6. The minimum absolute atomic E-state index is 0.140. The van der Waals surface area contributed by atoms with E-state index < -0.39 is 0 Å². The molecule has 7 nitrogen and oxygen atoms in total. The lowest BCUT2D eigenvalue weighted by molar-refractivity contribution is 0.0632. The van der Waals surface area contributed by atoms with Crippen LogP contribution in [0.4, 0.5) is 0 Å². The molecule has 0 atom stereocenters. The first-order valence-corrected chi connectivity index (χ1v) is 10.3. The molecule has 0 N–H and O–H groups in total. The van der Waals surface area contributed by atoms with Gasteiger partial charge in [0.05, 0.1) is 18.2 Å². The molecule has 1 fully saturated rings. The lowest BCUT2D eigenvalue weighted by Gasteiger charge is -2.34. The number of carbonyl (C=O) groups is 1. The molecule has 1 aliphatic heterocycles. The van der Waals surface area contributed by atoms with E-state index in [0.717, 1.165) is 26.1 Å². The molecule has 30 heavy (non-hydrogen) atoms.